The molecule has 0 spiro atoms. The largest absolute Gasteiger partial charge is 0.339 e. The van der Waals surface area contributed by atoms with E-state index in [9.17, 15) is 9.59 Å². The number of hydrogen-bond donors (Lipinski definition) is 1. The highest BCUT2D eigenvalue weighted by molar-refractivity contribution is 7.10. The summed E-state index contributed by atoms with van der Waals surface area (Å²) in [6.07, 6.45) is 3.56. The van der Waals surface area contributed by atoms with Crippen molar-refractivity contribution in [3.05, 3.63) is 51.7 Å². The third-order valence-corrected chi connectivity index (χ3v) is 7.00. The SMILES string of the molecule is CCN(CC)C(=O)c1ccc(NC(=O)CN2CCc3sccc3[C@@H]2C2CC2)cc1. The molecule has 4 rings (SSSR count). The van der Waals surface area contributed by atoms with Crippen molar-refractivity contribution in [1.82, 2.24) is 9.80 Å². The summed E-state index contributed by atoms with van der Waals surface area (Å²) >= 11 is 1.85. The van der Waals surface area contributed by atoms with Crippen LogP contribution in [0.2, 0.25) is 0 Å². The number of rotatable bonds is 7. The topological polar surface area (TPSA) is 52.7 Å². The predicted molar refractivity (Wildman–Crippen MR) is 117 cm³/mol. The molecular formula is C23H29N3O2S. The zero-order valence-electron chi connectivity index (χ0n) is 17.2. The van der Waals surface area contributed by atoms with E-state index in [2.05, 4.69) is 21.7 Å². The number of nitrogens with zero attached hydrogens (tertiary/aromatic N) is 2. The number of carbonyl (C=O) groups is 2. The number of benzene rings is 1. The monoisotopic (exact) mass is 411 g/mol. The van der Waals surface area contributed by atoms with Gasteiger partial charge in [0.2, 0.25) is 5.91 Å². The molecule has 0 saturated heterocycles. The quantitative estimate of drug-likeness (QED) is 0.744. The van der Waals surface area contributed by atoms with Crippen LogP contribution in [-0.4, -0.2) is 47.8 Å². The molecule has 1 aliphatic carbocycles. The third kappa shape index (κ3) is 4.38. The van der Waals surface area contributed by atoms with E-state index in [0.717, 1.165) is 18.7 Å². The molecule has 1 N–H and O–H groups in total. The molecule has 0 unspecified atom stereocenters. The first kappa shape index (κ1) is 20.1. The Bertz CT molecular complexity index is 869. The summed E-state index contributed by atoms with van der Waals surface area (Å²) in [6.45, 7) is 6.69. The number of anilines is 1. The van der Waals surface area contributed by atoms with Gasteiger partial charge in [0.15, 0.2) is 0 Å². The average molecular weight is 412 g/mol. The summed E-state index contributed by atoms with van der Waals surface area (Å²) in [4.78, 5) is 30.8. The van der Waals surface area contributed by atoms with Crippen LogP contribution in [0.3, 0.4) is 0 Å². The number of thiophene rings is 1. The average Bonchev–Trinajstić information content (AvgIpc) is 3.45. The molecular weight excluding hydrogens is 382 g/mol. The van der Waals surface area contributed by atoms with Gasteiger partial charge in [-0.25, -0.2) is 0 Å². The van der Waals surface area contributed by atoms with Gasteiger partial charge < -0.3 is 10.2 Å². The minimum absolute atomic E-state index is 0.0112. The second-order valence-corrected chi connectivity index (χ2v) is 8.91. The van der Waals surface area contributed by atoms with Gasteiger partial charge in [0.1, 0.15) is 0 Å². The van der Waals surface area contributed by atoms with Crippen molar-refractivity contribution < 1.29 is 9.59 Å². The van der Waals surface area contributed by atoms with E-state index < -0.39 is 0 Å². The first-order valence-electron chi connectivity index (χ1n) is 10.6. The molecule has 1 aliphatic heterocycles. The van der Waals surface area contributed by atoms with Crippen molar-refractivity contribution in [3.8, 4) is 0 Å². The molecule has 29 heavy (non-hydrogen) atoms. The van der Waals surface area contributed by atoms with E-state index in [-0.39, 0.29) is 11.8 Å². The van der Waals surface area contributed by atoms with Gasteiger partial charge in [0.25, 0.3) is 5.91 Å². The predicted octanol–water partition coefficient (Wildman–Crippen LogP) is 4.18. The molecule has 2 aliphatic rings. The highest BCUT2D eigenvalue weighted by Gasteiger charge is 2.40. The van der Waals surface area contributed by atoms with E-state index in [0.29, 0.717) is 37.2 Å². The standard InChI is InChI=1S/C23H29N3O2S/c1-3-25(4-2)23(28)17-7-9-18(10-8-17)24-21(27)15-26-13-11-20-19(12-14-29-20)22(26)16-5-6-16/h7-10,12,14,16,22H,3-6,11,13,15H2,1-2H3,(H,24,27)/t22-/m0/s1. The van der Waals surface area contributed by atoms with Crippen LogP contribution in [-0.2, 0) is 11.2 Å². The number of nitrogens with one attached hydrogen (secondary N) is 1. The Morgan fingerprint density at radius 1 is 1.14 bits per heavy atom. The molecule has 1 atom stereocenters. The van der Waals surface area contributed by atoms with Gasteiger partial charge in [-0.3, -0.25) is 14.5 Å². The Hall–Kier alpha value is -2.18. The van der Waals surface area contributed by atoms with Crippen molar-refractivity contribution in [2.45, 2.75) is 39.2 Å². The van der Waals surface area contributed by atoms with Gasteiger partial charge in [0.05, 0.1) is 6.54 Å². The Kier molecular flexibility index (Phi) is 6.01. The Balaban J connectivity index is 1.38. The second kappa shape index (κ2) is 8.67. The lowest BCUT2D eigenvalue weighted by Gasteiger charge is -2.35. The van der Waals surface area contributed by atoms with Crippen LogP contribution in [0.1, 0.15) is 53.5 Å². The summed E-state index contributed by atoms with van der Waals surface area (Å²) in [5, 5.41) is 5.19. The molecule has 1 aromatic heterocycles. The number of hydrogen-bond acceptors (Lipinski definition) is 4. The van der Waals surface area contributed by atoms with Crippen LogP contribution < -0.4 is 5.32 Å². The smallest absolute Gasteiger partial charge is 0.253 e. The maximum Gasteiger partial charge on any atom is 0.253 e. The molecule has 0 radical (unpaired) electrons. The first-order chi connectivity index (χ1) is 14.1. The summed E-state index contributed by atoms with van der Waals surface area (Å²) in [5.74, 6) is 0.735. The molecule has 2 amide bonds. The number of fused-ring (bicyclic) bond motifs is 1. The maximum atomic E-state index is 12.7. The third-order valence-electron chi connectivity index (χ3n) is 6.00. The van der Waals surface area contributed by atoms with Gasteiger partial charge >= 0.3 is 0 Å². The van der Waals surface area contributed by atoms with Gasteiger partial charge in [-0.2, -0.15) is 0 Å². The van der Waals surface area contributed by atoms with Gasteiger partial charge in [-0.1, -0.05) is 0 Å². The van der Waals surface area contributed by atoms with Gasteiger partial charge in [-0.05, 0) is 80.3 Å². The summed E-state index contributed by atoms with van der Waals surface area (Å²) in [5.41, 5.74) is 2.83. The summed E-state index contributed by atoms with van der Waals surface area (Å²) < 4.78 is 0. The van der Waals surface area contributed by atoms with Crippen molar-refractivity contribution in [2.24, 2.45) is 5.92 Å². The van der Waals surface area contributed by atoms with Crippen LogP contribution in [0.4, 0.5) is 5.69 Å². The van der Waals surface area contributed by atoms with Crippen LogP contribution in [0.25, 0.3) is 0 Å². The lowest BCUT2D eigenvalue weighted by molar-refractivity contribution is -0.118. The minimum Gasteiger partial charge on any atom is -0.339 e. The van der Waals surface area contributed by atoms with Gasteiger partial charge in [0, 0.05) is 41.8 Å². The number of carbonyl (C=O) groups excluding carboxylic acids is 2. The zero-order valence-corrected chi connectivity index (χ0v) is 18.0. The lowest BCUT2D eigenvalue weighted by atomic mass is 9.96. The maximum absolute atomic E-state index is 12.7. The molecule has 1 saturated carbocycles. The van der Waals surface area contributed by atoms with E-state index in [1.807, 2.05) is 37.3 Å². The molecule has 2 heterocycles. The first-order valence-corrected chi connectivity index (χ1v) is 11.5. The fourth-order valence-corrected chi connectivity index (χ4v) is 5.23. The van der Waals surface area contributed by atoms with Crippen molar-refractivity contribution in [2.75, 3.05) is 31.5 Å². The molecule has 1 aromatic carbocycles. The summed E-state index contributed by atoms with van der Waals surface area (Å²) in [7, 11) is 0. The van der Waals surface area contributed by atoms with E-state index in [1.165, 1.54) is 23.3 Å². The number of amides is 2. The highest BCUT2D eigenvalue weighted by atomic mass is 32.1. The highest BCUT2D eigenvalue weighted by Crippen LogP contribution is 2.48. The Labute approximate surface area is 176 Å². The van der Waals surface area contributed by atoms with Crippen LogP contribution in [0.15, 0.2) is 35.7 Å². The van der Waals surface area contributed by atoms with Crippen LogP contribution in [0, 0.1) is 5.92 Å². The van der Waals surface area contributed by atoms with E-state index in [1.54, 1.807) is 17.0 Å². The molecule has 5 nitrogen and oxygen atoms in total. The fourth-order valence-electron chi connectivity index (χ4n) is 4.31. The van der Waals surface area contributed by atoms with Gasteiger partial charge in [-0.15, -0.1) is 11.3 Å². The van der Waals surface area contributed by atoms with Crippen molar-refractivity contribution >= 4 is 28.8 Å². The van der Waals surface area contributed by atoms with Crippen molar-refractivity contribution in [1.29, 1.82) is 0 Å². The molecule has 1 fully saturated rings. The normalized spacial score (nSPS) is 18.9. The zero-order chi connectivity index (χ0) is 20.4. The Morgan fingerprint density at radius 2 is 1.86 bits per heavy atom. The lowest BCUT2D eigenvalue weighted by Crippen LogP contribution is -2.41. The second-order valence-electron chi connectivity index (χ2n) is 7.90. The van der Waals surface area contributed by atoms with Crippen molar-refractivity contribution in [3.63, 3.8) is 0 Å². The minimum atomic E-state index is 0.0112. The molecule has 154 valence electrons. The fraction of sp³-hybridized carbons (Fsp3) is 0.478. The van der Waals surface area contributed by atoms with E-state index >= 15 is 0 Å². The molecule has 6 heteroatoms. The molecule has 2 aromatic rings. The van der Waals surface area contributed by atoms with Crippen LogP contribution in [0.5, 0.6) is 0 Å². The summed E-state index contributed by atoms with van der Waals surface area (Å²) in [6, 6.07) is 9.87. The Morgan fingerprint density at radius 3 is 2.52 bits per heavy atom. The van der Waals surface area contributed by atoms with Crippen LogP contribution >= 0.6 is 11.3 Å². The van der Waals surface area contributed by atoms with E-state index in [4.69, 9.17) is 0 Å². The molecule has 0 bridgehead atoms.